The van der Waals surface area contributed by atoms with Gasteiger partial charge < -0.3 is 5.11 Å². The second kappa shape index (κ2) is 5.45. The van der Waals surface area contributed by atoms with Crippen LogP contribution in [0.3, 0.4) is 0 Å². The highest BCUT2D eigenvalue weighted by molar-refractivity contribution is 5.80. The fraction of sp³-hybridized carbons (Fsp3) is 0.769. The second-order valence-corrected chi connectivity index (χ2v) is 4.92. The normalized spacial score (nSPS) is 26.1. The van der Waals surface area contributed by atoms with Gasteiger partial charge in [-0.3, -0.25) is 4.79 Å². The van der Waals surface area contributed by atoms with Crippen LogP contribution in [0.5, 0.6) is 0 Å². The van der Waals surface area contributed by atoms with Crippen LogP contribution in [-0.4, -0.2) is 16.5 Å². The minimum atomic E-state index is -0.576. The fourth-order valence-corrected chi connectivity index (χ4v) is 2.16. The van der Waals surface area contributed by atoms with E-state index in [0.717, 1.165) is 25.7 Å². The number of carbonyl (C=O) groups excluding carboxylic acids is 1. The first-order valence-electron chi connectivity index (χ1n) is 5.94. The van der Waals surface area contributed by atoms with E-state index in [-0.39, 0.29) is 0 Å². The molecule has 1 aliphatic rings. The van der Waals surface area contributed by atoms with Crippen LogP contribution < -0.4 is 0 Å². The summed E-state index contributed by atoms with van der Waals surface area (Å²) in [7, 11) is 0. The summed E-state index contributed by atoms with van der Waals surface area (Å²) < 4.78 is 0. The van der Waals surface area contributed by atoms with Gasteiger partial charge in [0.05, 0.1) is 5.60 Å². The van der Waals surface area contributed by atoms with E-state index >= 15 is 0 Å². The van der Waals surface area contributed by atoms with Gasteiger partial charge in [0.2, 0.25) is 0 Å². The van der Waals surface area contributed by atoms with E-state index in [1.165, 1.54) is 0 Å². The molecule has 0 bridgehead atoms. The SMILES string of the molecule is CCCC(C)(O)C/C=C/[C@H]1CCC(=O)C1. The van der Waals surface area contributed by atoms with Crippen molar-refractivity contribution in [2.45, 2.75) is 58.0 Å². The lowest BCUT2D eigenvalue weighted by Gasteiger charge is -2.20. The van der Waals surface area contributed by atoms with Gasteiger partial charge in [0.15, 0.2) is 0 Å². The molecule has 0 aromatic heterocycles. The Kier molecular flexibility index (Phi) is 4.52. The highest BCUT2D eigenvalue weighted by atomic mass is 16.3. The number of rotatable bonds is 5. The van der Waals surface area contributed by atoms with Crippen LogP contribution in [0.25, 0.3) is 0 Å². The molecule has 0 aromatic rings. The summed E-state index contributed by atoms with van der Waals surface area (Å²) in [4.78, 5) is 11.0. The molecule has 2 nitrogen and oxygen atoms in total. The lowest BCUT2D eigenvalue weighted by molar-refractivity contribution is -0.117. The minimum Gasteiger partial charge on any atom is -0.390 e. The summed E-state index contributed by atoms with van der Waals surface area (Å²) in [6, 6.07) is 0. The predicted molar refractivity (Wildman–Crippen MR) is 61.6 cm³/mol. The van der Waals surface area contributed by atoms with E-state index in [1.54, 1.807) is 0 Å². The van der Waals surface area contributed by atoms with Gasteiger partial charge in [-0.2, -0.15) is 0 Å². The maximum absolute atomic E-state index is 11.0. The molecule has 1 unspecified atom stereocenters. The van der Waals surface area contributed by atoms with Gasteiger partial charge >= 0.3 is 0 Å². The molecule has 1 saturated carbocycles. The lowest BCUT2D eigenvalue weighted by atomic mass is 9.95. The van der Waals surface area contributed by atoms with Gasteiger partial charge in [-0.25, -0.2) is 0 Å². The second-order valence-electron chi connectivity index (χ2n) is 4.92. The Labute approximate surface area is 92.4 Å². The molecule has 0 radical (unpaired) electrons. The molecule has 2 atom stereocenters. The Hall–Kier alpha value is -0.630. The molecule has 1 aliphatic carbocycles. The number of aliphatic hydroxyl groups is 1. The number of hydrogen-bond acceptors (Lipinski definition) is 2. The number of hydrogen-bond donors (Lipinski definition) is 1. The molecule has 1 rings (SSSR count). The van der Waals surface area contributed by atoms with E-state index in [9.17, 15) is 9.90 Å². The summed E-state index contributed by atoms with van der Waals surface area (Å²) in [6.45, 7) is 3.95. The largest absolute Gasteiger partial charge is 0.390 e. The van der Waals surface area contributed by atoms with E-state index in [1.807, 2.05) is 13.0 Å². The molecule has 0 heterocycles. The van der Waals surface area contributed by atoms with Gasteiger partial charge in [-0.1, -0.05) is 25.5 Å². The van der Waals surface area contributed by atoms with Crippen LogP contribution in [0.4, 0.5) is 0 Å². The van der Waals surface area contributed by atoms with Gasteiger partial charge in [-0.05, 0) is 32.1 Å². The molecule has 0 amide bonds. The van der Waals surface area contributed by atoms with E-state index in [2.05, 4.69) is 13.0 Å². The van der Waals surface area contributed by atoms with Crippen molar-refractivity contribution < 1.29 is 9.90 Å². The van der Waals surface area contributed by atoms with Crippen LogP contribution in [0.15, 0.2) is 12.2 Å². The maximum atomic E-state index is 11.0. The number of allylic oxidation sites excluding steroid dienone is 1. The van der Waals surface area contributed by atoms with Crippen molar-refractivity contribution in [3.05, 3.63) is 12.2 Å². The summed E-state index contributed by atoms with van der Waals surface area (Å²) in [5, 5.41) is 9.92. The van der Waals surface area contributed by atoms with Crippen LogP contribution in [-0.2, 0) is 4.79 Å². The zero-order valence-electron chi connectivity index (χ0n) is 9.83. The highest BCUT2D eigenvalue weighted by Crippen LogP contribution is 2.24. The smallest absolute Gasteiger partial charge is 0.133 e. The fourth-order valence-electron chi connectivity index (χ4n) is 2.16. The summed E-state index contributed by atoms with van der Waals surface area (Å²) in [6.07, 6.45) is 9.11. The third kappa shape index (κ3) is 4.61. The van der Waals surface area contributed by atoms with Gasteiger partial charge in [-0.15, -0.1) is 0 Å². The average molecular weight is 210 g/mol. The summed E-state index contributed by atoms with van der Waals surface area (Å²) in [5.41, 5.74) is -0.576. The third-order valence-corrected chi connectivity index (χ3v) is 3.04. The molecule has 1 fully saturated rings. The Balaban J connectivity index is 2.29. The molecule has 86 valence electrons. The zero-order chi connectivity index (χ0) is 11.3. The first kappa shape index (κ1) is 12.4. The minimum absolute atomic E-state index is 0.380. The van der Waals surface area contributed by atoms with Gasteiger partial charge in [0.1, 0.15) is 5.78 Å². The molecule has 1 N–H and O–H groups in total. The Morgan fingerprint density at radius 2 is 2.33 bits per heavy atom. The number of Topliss-reactive ketones (excluding diaryl/α,β-unsaturated/α-hetero) is 1. The third-order valence-electron chi connectivity index (χ3n) is 3.04. The van der Waals surface area contributed by atoms with Crippen molar-refractivity contribution in [1.29, 1.82) is 0 Å². The molecule has 0 saturated heterocycles. The Morgan fingerprint density at radius 1 is 1.60 bits per heavy atom. The molecular formula is C13H22O2. The quantitative estimate of drug-likeness (QED) is 0.708. The van der Waals surface area contributed by atoms with Crippen molar-refractivity contribution in [3.63, 3.8) is 0 Å². The van der Waals surface area contributed by atoms with Gasteiger partial charge in [0, 0.05) is 12.8 Å². The topological polar surface area (TPSA) is 37.3 Å². The van der Waals surface area contributed by atoms with E-state index in [0.29, 0.717) is 24.5 Å². The molecule has 2 heteroatoms. The maximum Gasteiger partial charge on any atom is 0.133 e. The molecule has 0 spiro atoms. The van der Waals surface area contributed by atoms with Crippen molar-refractivity contribution in [1.82, 2.24) is 0 Å². The van der Waals surface area contributed by atoms with Crippen molar-refractivity contribution in [2.75, 3.05) is 0 Å². The highest BCUT2D eigenvalue weighted by Gasteiger charge is 2.20. The first-order valence-corrected chi connectivity index (χ1v) is 5.94. The Bertz CT molecular complexity index is 241. The van der Waals surface area contributed by atoms with Crippen molar-refractivity contribution in [3.8, 4) is 0 Å². The summed E-state index contributed by atoms with van der Waals surface area (Å²) in [5.74, 6) is 0.805. The number of ketones is 1. The molecular weight excluding hydrogens is 188 g/mol. The van der Waals surface area contributed by atoms with Crippen LogP contribution in [0.1, 0.15) is 52.4 Å². The van der Waals surface area contributed by atoms with E-state index in [4.69, 9.17) is 0 Å². The first-order chi connectivity index (χ1) is 7.03. The van der Waals surface area contributed by atoms with Crippen LogP contribution in [0, 0.1) is 5.92 Å². The van der Waals surface area contributed by atoms with Crippen LogP contribution >= 0.6 is 0 Å². The molecule has 0 aliphatic heterocycles. The van der Waals surface area contributed by atoms with E-state index < -0.39 is 5.60 Å². The predicted octanol–water partition coefficient (Wildman–Crippen LogP) is 2.85. The standard InChI is InChI=1S/C13H22O2/c1-3-8-13(2,15)9-4-5-11-6-7-12(14)10-11/h4-5,11,15H,3,6-10H2,1-2H3/b5-4+/t11-,13?/m0/s1. The summed E-state index contributed by atoms with van der Waals surface area (Å²) >= 11 is 0. The molecule has 15 heavy (non-hydrogen) atoms. The van der Waals surface area contributed by atoms with Crippen molar-refractivity contribution >= 4 is 5.78 Å². The average Bonchev–Trinajstić information content (AvgIpc) is 2.51. The lowest BCUT2D eigenvalue weighted by Crippen LogP contribution is -2.22. The van der Waals surface area contributed by atoms with Crippen LogP contribution in [0.2, 0.25) is 0 Å². The number of carbonyl (C=O) groups is 1. The zero-order valence-corrected chi connectivity index (χ0v) is 9.83. The van der Waals surface area contributed by atoms with Gasteiger partial charge in [0.25, 0.3) is 0 Å². The molecule has 0 aromatic carbocycles. The monoisotopic (exact) mass is 210 g/mol. The van der Waals surface area contributed by atoms with Crippen molar-refractivity contribution in [2.24, 2.45) is 5.92 Å². The Morgan fingerprint density at radius 3 is 2.87 bits per heavy atom.